The molecule has 7 rings (SSSR count). The highest BCUT2D eigenvalue weighted by Gasteiger charge is 2.50. The van der Waals surface area contributed by atoms with Gasteiger partial charge in [-0.1, -0.05) is 12.2 Å². The number of aromatic amines is 1. The molecule has 11 atom stereocenters. The molecule has 0 radical (unpaired) electrons. The van der Waals surface area contributed by atoms with E-state index in [-0.39, 0.29) is 45.9 Å². The summed E-state index contributed by atoms with van der Waals surface area (Å²) in [5, 5.41) is 83.6. The Balaban J connectivity index is 1.02. The molecule has 1 aliphatic carbocycles. The molecule has 12 N–H and O–H groups in total. The minimum Gasteiger partial charge on any atom is -0.508 e. The van der Waals surface area contributed by atoms with Gasteiger partial charge in [0.15, 0.2) is 17.9 Å². The molecule has 4 heterocycles. The van der Waals surface area contributed by atoms with Gasteiger partial charge in [0.2, 0.25) is 0 Å². The highest BCUT2D eigenvalue weighted by Crippen LogP contribution is 2.61. The number of aliphatic hydroxyl groups excluding tert-OH is 6. The molecule has 28 heteroatoms. The van der Waals surface area contributed by atoms with Crippen molar-refractivity contribution in [3.8, 4) is 28.2 Å². The first-order valence-corrected chi connectivity index (χ1v) is 22.5. The Morgan fingerprint density at radius 2 is 1.58 bits per heavy atom. The van der Waals surface area contributed by atoms with Gasteiger partial charge in [0, 0.05) is 47.0 Å². The van der Waals surface area contributed by atoms with Crippen molar-refractivity contribution in [1.82, 2.24) is 14.9 Å². The van der Waals surface area contributed by atoms with E-state index in [1.807, 2.05) is 4.98 Å². The van der Waals surface area contributed by atoms with Gasteiger partial charge in [-0.2, -0.15) is 4.31 Å². The molecule has 2 aromatic carbocycles. The molecule has 3 aliphatic heterocycles. The Morgan fingerprint density at radius 3 is 2.30 bits per heavy atom. The fourth-order valence-electron chi connectivity index (χ4n) is 7.20. The van der Waals surface area contributed by atoms with Crippen LogP contribution < -0.4 is 22.0 Å². The van der Waals surface area contributed by atoms with Crippen molar-refractivity contribution in [3.05, 3.63) is 115 Å². The van der Waals surface area contributed by atoms with E-state index in [1.54, 1.807) is 0 Å². The lowest BCUT2D eigenvalue weighted by Gasteiger charge is -2.39. The number of aliphatic hydroxyl groups is 6. The van der Waals surface area contributed by atoms with E-state index in [1.165, 1.54) is 60.7 Å². The summed E-state index contributed by atoms with van der Waals surface area (Å²) in [5.74, 6) is -2.13. The molecule has 4 aliphatic rings. The number of hydrogen-bond acceptors (Lipinski definition) is 20. The number of phenols is 1. The summed E-state index contributed by atoms with van der Waals surface area (Å²) in [4.78, 5) is 85.7. The number of ether oxygens (including phenoxy) is 2. The lowest BCUT2D eigenvalue weighted by atomic mass is 9.89. The zero-order valence-electron chi connectivity index (χ0n) is 33.9. The fraction of sp³-hybridized carbons (Fsp3) is 0.308. The van der Waals surface area contributed by atoms with Gasteiger partial charge in [0.05, 0.1) is 24.3 Å². The molecule has 26 nitrogen and oxygen atoms in total. The van der Waals surface area contributed by atoms with Crippen LogP contribution in [0.2, 0.25) is 0 Å². The number of carbonyl (C=O) groups is 2. The van der Waals surface area contributed by atoms with Crippen molar-refractivity contribution in [3.63, 3.8) is 0 Å². The third-order valence-electron chi connectivity index (χ3n) is 10.4. The molecule has 0 saturated carbocycles. The third-order valence-corrected chi connectivity index (χ3v) is 13.0. The number of fused-ring (bicyclic) bond motifs is 2. The number of phenolic OH excluding ortho intramolecular Hbond substituents is 1. The summed E-state index contributed by atoms with van der Waals surface area (Å²) in [6.07, 6.45) is -14.1. The first kappa shape index (κ1) is 49.1. The highest BCUT2D eigenvalue weighted by atomic mass is 31.3. The Hall–Kier alpha value is -5.77. The van der Waals surface area contributed by atoms with Crippen LogP contribution in [0.3, 0.4) is 0 Å². The van der Waals surface area contributed by atoms with Gasteiger partial charge in [-0.3, -0.25) is 33.0 Å². The first-order valence-electron chi connectivity index (χ1n) is 19.5. The largest absolute Gasteiger partial charge is 0.508 e. The quantitative estimate of drug-likeness (QED) is 0.0439. The monoisotopic (exact) mass is 979 g/mol. The average molecular weight is 980 g/mol. The minimum absolute atomic E-state index is 0.0125. The first-order chi connectivity index (χ1) is 31.6. The minimum atomic E-state index is -5.73. The standard InChI is InChI=1S/C39H39N3O23P2/c43-14-26-29(46)31(48)33(50)38(63-26)64-67(58,59)65-66(56,57)60-15-27-30(47)32(49)36(62-27)42-13-17(35(52)41-39(42)55)2-1-9-40-34(51)16-3-6-20(37(53)54)23(10-16)28-21-7-4-18(44)11-24(21)61-25-12-19(45)5-8-22(25)28/h1-8,10-13,26-27,29-33,36,38,43-44,46-50H,9,14-15H2,(H,40,51)(H,53,54)(H,56,57)(H,58,59)(H,41,52,55)/b2-1+/t26-,27-,29-,30-,31+,32-,33-,36-,38+/m1/s1. The van der Waals surface area contributed by atoms with Crippen LogP contribution in [0, 0.1) is 0 Å². The van der Waals surface area contributed by atoms with Crippen molar-refractivity contribution >= 4 is 44.6 Å². The summed E-state index contributed by atoms with van der Waals surface area (Å²) in [5.41, 5.74) is -2.16. The number of carboxylic acids is 1. The van der Waals surface area contributed by atoms with E-state index in [2.05, 4.69) is 18.7 Å². The molecule has 358 valence electrons. The van der Waals surface area contributed by atoms with Gasteiger partial charge in [-0.25, -0.2) is 18.7 Å². The van der Waals surface area contributed by atoms with Gasteiger partial charge < -0.3 is 69.8 Å². The molecule has 1 aromatic heterocycles. The van der Waals surface area contributed by atoms with Crippen LogP contribution in [0.25, 0.3) is 39.5 Å². The lowest BCUT2D eigenvalue weighted by Crippen LogP contribution is -2.58. The number of nitrogens with one attached hydrogen (secondary N) is 2. The number of phosphoric ester groups is 2. The number of aromatic hydroxyl groups is 1. The van der Waals surface area contributed by atoms with Gasteiger partial charge in [-0.05, 0) is 48.0 Å². The van der Waals surface area contributed by atoms with E-state index >= 15 is 0 Å². The number of nitrogens with zero attached hydrogens (tertiary/aromatic N) is 1. The van der Waals surface area contributed by atoms with E-state index in [0.717, 1.165) is 12.3 Å². The van der Waals surface area contributed by atoms with Crippen LogP contribution in [-0.4, -0.2) is 141 Å². The maximum absolute atomic E-state index is 13.4. The second-order valence-electron chi connectivity index (χ2n) is 14.9. The number of aromatic nitrogens is 2. The van der Waals surface area contributed by atoms with E-state index in [0.29, 0.717) is 21.1 Å². The molecule has 0 spiro atoms. The van der Waals surface area contributed by atoms with Crippen molar-refractivity contribution in [2.24, 2.45) is 0 Å². The highest BCUT2D eigenvalue weighted by molar-refractivity contribution is 7.61. The number of phosphoric acid groups is 2. The molecular weight excluding hydrogens is 940 g/mol. The van der Waals surface area contributed by atoms with Crippen LogP contribution in [0.15, 0.2) is 85.7 Å². The SMILES string of the molecule is O=C(NC/C=C/c1cn([C@@H]2O[C@H](COP(=O)(O)OP(=O)(O)O[C@@H]3O[C@H](CO)[C@@H](O)[C@H](O)[C@H]3O)[C@@H](O)[C@H]2O)c(=O)[nH]c1=O)c1ccc(C(=O)O)c(-c2c3ccc(=O)cc-3oc3cc(O)ccc23)c1. The van der Waals surface area contributed by atoms with E-state index in [4.69, 9.17) is 13.9 Å². The third kappa shape index (κ3) is 10.5. The number of rotatable bonds is 15. The van der Waals surface area contributed by atoms with E-state index < -0.39 is 113 Å². The van der Waals surface area contributed by atoms with Crippen LogP contribution >= 0.6 is 15.6 Å². The summed E-state index contributed by atoms with van der Waals surface area (Å²) < 4.78 is 55.2. The predicted octanol–water partition coefficient (Wildman–Crippen LogP) is -1.07. The number of H-pyrrole nitrogens is 1. The van der Waals surface area contributed by atoms with Crippen molar-refractivity contribution in [2.45, 2.75) is 55.2 Å². The summed E-state index contributed by atoms with van der Waals surface area (Å²) in [7, 11) is -11.4. The molecule has 2 saturated heterocycles. The average Bonchev–Trinajstić information content (AvgIpc) is 3.54. The molecule has 1 amide bonds. The Labute approximate surface area is 373 Å². The van der Waals surface area contributed by atoms with Crippen LogP contribution in [-0.2, 0) is 32.0 Å². The molecule has 0 bridgehead atoms. The molecule has 2 fully saturated rings. The molecular formula is C39H39N3O23P2. The maximum atomic E-state index is 13.4. The second kappa shape index (κ2) is 19.4. The van der Waals surface area contributed by atoms with Gasteiger partial charge in [0.25, 0.3) is 11.5 Å². The van der Waals surface area contributed by atoms with Gasteiger partial charge >= 0.3 is 27.3 Å². The van der Waals surface area contributed by atoms with Crippen molar-refractivity contribution < 1.29 is 96.6 Å². The fourth-order valence-corrected chi connectivity index (χ4v) is 9.36. The normalized spacial score (nSPS) is 26.1. The summed E-state index contributed by atoms with van der Waals surface area (Å²) in [6, 6.07) is 11.8. The number of carbonyl (C=O) groups excluding carboxylic acids is 1. The zero-order valence-corrected chi connectivity index (χ0v) is 35.7. The Morgan fingerprint density at radius 1 is 0.851 bits per heavy atom. The predicted molar refractivity (Wildman–Crippen MR) is 223 cm³/mol. The lowest BCUT2D eigenvalue weighted by molar-refractivity contribution is -0.280. The van der Waals surface area contributed by atoms with E-state index in [9.17, 15) is 83.7 Å². The van der Waals surface area contributed by atoms with Gasteiger partial charge in [-0.15, -0.1) is 0 Å². The summed E-state index contributed by atoms with van der Waals surface area (Å²) >= 11 is 0. The number of aromatic carboxylic acids is 1. The van der Waals surface area contributed by atoms with Crippen LogP contribution in [0.1, 0.15) is 32.5 Å². The summed E-state index contributed by atoms with van der Waals surface area (Å²) in [6.45, 7) is -2.37. The number of amides is 1. The number of carboxylic acid groups (broad SMARTS) is 1. The van der Waals surface area contributed by atoms with Crippen molar-refractivity contribution in [2.75, 3.05) is 19.8 Å². The van der Waals surface area contributed by atoms with Crippen LogP contribution in [0.4, 0.5) is 0 Å². The zero-order chi connectivity index (χ0) is 48.7. The number of hydrogen-bond donors (Lipinski definition) is 12. The van der Waals surface area contributed by atoms with Crippen molar-refractivity contribution in [1.29, 1.82) is 0 Å². The Kier molecular flexibility index (Phi) is 14.3. The smallest absolute Gasteiger partial charge is 0.483 e. The number of benzene rings is 3. The topological polar surface area (TPSA) is 414 Å². The molecule has 2 unspecified atom stereocenters. The second-order valence-corrected chi connectivity index (χ2v) is 17.9. The Bertz CT molecular complexity index is 2990. The maximum Gasteiger partial charge on any atom is 0.483 e. The van der Waals surface area contributed by atoms with Gasteiger partial charge in [0.1, 0.15) is 59.8 Å². The van der Waals surface area contributed by atoms with Crippen LogP contribution in [0.5, 0.6) is 5.75 Å². The molecule has 67 heavy (non-hydrogen) atoms. The molecule has 3 aromatic rings.